The molecule has 2 aromatic rings. The van der Waals surface area contributed by atoms with Gasteiger partial charge in [0.15, 0.2) is 0 Å². The van der Waals surface area contributed by atoms with Crippen LogP contribution in [0.15, 0.2) is 36.4 Å². The molecule has 1 unspecified atom stereocenters. The standard InChI is InChI=1S/C17H16O4/c1-18-12-7-15-13(16(8-12)19-2)10-21-17(15)14-6-4-3-5-11(14)9-20-17/h3-8H,9-10H2,1-2H3. The molecular weight excluding hydrogens is 268 g/mol. The third-order valence-electron chi connectivity index (χ3n) is 4.22. The summed E-state index contributed by atoms with van der Waals surface area (Å²) in [6.45, 7) is 1.02. The Hall–Kier alpha value is -2.04. The number of hydrogen-bond acceptors (Lipinski definition) is 4. The molecule has 4 rings (SSSR count). The van der Waals surface area contributed by atoms with Crippen molar-refractivity contribution >= 4 is 0 Å². The lowest BCUT2D eigenvalue weighted by Crippen LogP contribution is -2.25. The van der Waals surface area contributed by atoms with E-state index in [4.69, 9.17) is 18.9 Å². The zero-order valence-electron chi connectivity index (χ0n) is 12.0. The van der Waals surface area contributed by atoms with Gasteiger partial charge in [-0.3, -0.25) is 0 Å². The molecule has 0 N–H and O–H groups in total. The van der Waals surface area contributed by atoms with E-state index in [1.54, 1.807) is 14.2 Å². The molecule has 0 radical (unpaired) electrons. The molecule has 0 aromatic heterocycles. The Morgan fingerprint density at radius 1 is 0.952 bits per heavy atom. The van der Waals surface area contributed by atoms with Crippen molar-refractivity contribution in [2.75, 3.05) is 14.2 Å². The highest BCUT2D eigenvalue weighted by Gasteiger charge is 2.49. The summed E-state index contributed by atoms with van der Waals surface area (Å²) in [5.74, 6) is 0.686. The van der Waals surface area contributed by atoms with Gasteiger partial charge in [0.2, 0.25) is 5.79 Å². The highest BCUT2D eigenvalue weighted by Crippen LogP contribution is 2.51. The van der Waals surface area contributed by atoms with Gasteiger partial charge in [-0.2, -0.15) is 0 Å². The molecule has 0 amide bonds. The summed E-state index contributed by atoms with van der Waals surface area (Å²) in [4.78, 5) is 0. The molecule has 108 valence electrons. The molecule has 0 bridgehead atoms. The van der Waals surface area contributed by atoms with Crippen molar-refractivity contribution in [2.45, 2.75) is 19.0 Å². The molecule has 2 heterocycles. The Morgan fingerprint density at radius 3 is 2.57 bits per heavy atom. The Morgan fingerprint density at radius 2 is 1.76 bits per heavy atom. The van der Waals surface area contributed by atoms with E-state index in [9.17, 15) is 0 Å². The lowest BCUT2D eigenvalue weighted by molar-refractivity contribution is -0.200. The molecular formula is C17H16O4. The third-order valence-corrected chi connectivity index (χ3v) is 4.22. The van der Waals surface area contributed by atoms with E-state index in [-0.39, 0.29) is 0 Å². The Labute approximate surface area is 123 Å². The summed E-state index contributed by atoms with van der Waals surface area (Å²) in [6, 6.07) is 12.0. The van der Waals surface area contributed by atoms with E-state index >= 15 is 0 Å². The molecule has 2 aliphatic rings. The second-order valence-corrected chi connectivity index (χ2v) is 5.21. The summed E-state index contributed by atoms with van der Waals surface area (Å²) in [7, 11) is 3.30. The van der Waals surface area contributed by atoms with Crippen LogP contribution in [0.4, 0.5) is 0 Å². The third kappa shape index (κ3) is 1.63. The van der Waals surface area contributed by atoms with E-state index in [0.717, 1.165) is 33.8 Å². The van der Waals surface area contributed by atoms with Crippen LogP contribution in [0.1, 0.15) is 22.3 Å². The molecule has 0 fully saturated rings. The largest absolute Gasteiger partial charge is 0.497 e. The van der Waals surface area contributed by atoms with Crippen LogP contribution in [-0.4, -0.2) is 14.2 Å². The minimum absolute atomic E-state index is 0.469. The molecule has 2 aromatic carbocycles. The van der Waals surface area contributed by atoms with Gasteiger partial charge >= 0.3 is 0 Å². The van der Waals surface area contributed by atoms with Crippen LogP contribution in [0.5, 0.6) is 11.5 Å². The van der Waals surface area contributed by atoms with E-state index in [1.807, 2.05) is 24.3 Å². The van der Waals surface area contributed by atoms with E-state index in [2.05, 4.69) is 12.1 Å². The average molecular weight is 284 g/mol. The topological polar surface area (TPSA) is 36.9 Å². The number of hydrogen-bond donors (Lipinski definition) is 0. The van der Waals surface area contributed by atoms with Gasteiger partial charge in [0.25, 0.3) is 0 Å². The second kappa shape index (κ2) is 4.48. The number of ether oxygens (including phenoxy) is 4. The Bertz CT molecular complexity index is 710. The first kappa shape index (κ1) is 12.7. The highest BCUT2D eigenvalue weighted by molar-refractivity contribution is 5.55. The van der Waals surface area contributed by atoms with Crippen LogP contribution in [0.25, 0.3) is 0 Å². The Kier molecular flexibility index (Phi) is 2.71. The minimum Gasteiger partial charge on any atom is -0.497 e. The summed E-state index contributed by atoms with van der Waals surface area (Å²) >= 11 is 0. The fourth-order valence-corrected chi connectivity index (χ4v) is 3.18. The lowest BCUT2D eigenvalue weighted by atomic mass is 9.94. The van der Waals surface area contributed by atoms with Gasteiger partial charge in [0.05, 0.1) is 27.4 Å². The van der Waals surface area contributed by atoms with Crippen molar-refractivity contribution in [3.05, 3.63) is 58.7 Å². The van der Waals surface area contributed by atoms with Gasteiger partial charge in [-0.25, -0.2) is 0 Å². The van der Waals surface area contributed by atoms with Crippen LogP contribution >= 0.6 is 0 Å². The molecule has 21 heavy (non-hydrogen) atoms. The summed E-state index contributed by atoms with van der Waals surface area (Å²) in [6.07, 6.45) is 0. The second-order valence-electron chi connectivity index (χ2n) is 5.21. The first-order valence-corrected chi connectivity index (χ1v) is 6.90. The maximum atomic E-state index is 6.08. The van der Waals surface area contributed by atoms with Crippen molar-refractivity contribution < 1.29 is 18.9 Å². The molecule has 0 saturated heterocycles. The fraction of sp³-hybridized carbons (Fsp3) is 0.294. The lowest BCUT2D eigenvalue weighted by Gasteiger charge is -2.25. The van der Waals surface area contributed by atoms with Gasteiger partial charge in [0.1, 0.15) is 11.5 Å². The maximum absolute atomic E-state index is 6.08. The molecule has 0 saturated carbocycles. The molecule has 0 aliphatic carbocycles. The van der Waals surface area contributed by atoms with Crippen molar-refractivity contribution in [3.8, 4) is 11.5 Å². The normalized spacial score (nSPS) is 22.2. The van der Waals surface area contributed by atoms with Crippen molar-refractivity contribution in [1.29, 1.82) is 0 Å². The summed E-state index contributed by atoms with van der Waals surface area (Å²) in [5, 5.41) is 0. The first-order valence-electron chi connectivity index (χ1n) is 6.90. The Balaban J connectivity index is 1.95. The van der Waals surface area contributed by atoms with Gasteiger partial charge in [0, 0.05) is 22.8 Å². The van der Waals surface area contributed by atoms with Crippen LogP contribution < -0.4 is 9.47 Å². The van der Waals surface area contributed by atoms with Crippen molar-refractivity contribution in [1.82, 2.24) is 0 Å². The van der Waals surface area contributed by atoms with Crippen LogP contribution in [0.2, 0.25) is 0 Å². The maximum Gasteiger partial charge on any atom is 0.223 e. The molecule has 1 spiro atoms. The van der Waals surface area contributed by atoms with Gasteiger partial charge in [-0.1, -0.05) is 24.3 Å². The summed E-state index contributed by atoms with van der Waals surface area (Å²) < 4.78 is 23.0. The quantitative estimate of drug-likeness (QED) is 0.849. The van der Waals surface area contributed by atoms with Crippen molar-refractivity contribution in [3.63, 3.8) is 0 Å². The first-order chi connectivity index (χ1) is 10.3. The van der Waals surface area contributed by atoms with E-state index < -0.39 is 5.79 Å². The number of benzene rings is 2. The number of rotatable bonds is 2. The minimum atomic E-state index is -0.826. The summed E-state index contributed by atoms with van der Waals surface area (Å²) in [5.41, 5.74) is 4.23. The predicted octanol–water partition coefficient (Wildman–Crippen LogP) is 2.97. The smallest absolute Gasteiger partial charge is 0.223 e. The zero-order chi connectivity index (χ0) is 14.4. The average Bonchev–Trinajstić information content (AvgIpc) is 3.10. The van der Waals surface area contributed by atoms with Crippen LogP contribution in [0.3, 0.4) is 0 Å². The van der Waals surface area contributed by atoms with Gasteiger partial charge < -0.3 is 18.9 Å². The monoisotopic (exact) mass is 284 g/mol. The molecule has 4 nitrogen and oxygen atoms in total. The molecule has 1 atom stereocenters. The van der Waals surface area contributed by atoms with Crippen molar-refractivity contribution in [2.24, 2.45) is 0 Å². The molecule has 2 aliphatic heterocycles. The molecule has 4 heteroatoms. The predicted molar refractivity (Wildman–Crippen MR) is 76.3 cm³/mol. The highest BCUT2D eigenvalue weighted by atomic mass is 16.7. The van der Waals surface area contributed by atoms with E-state index in [0.29, 0.717) is 13.2 Å². The van der Waals surface area contributed by atoms with Crippen LogP contribution in [0, 0.1) is 0 Å². The zero-order valence-corrected chi connectivity index (χ0v) is 12.0. The fourth-order valence-electron chi connectivity index (χ4n) is 3.18. The van der Waals surface area contributed by atoms with E-state index in [1.165, 1.54) is 0 Å². The number of fused-ring (bicyclic) bond motifs is 4. The SMILES string of the molecule is COc1cc(OC)c2c(c1)C1(OCc3ccccc31)OC2. The van der Waals surface area contributed by atoms with Crippen LogP contribution in [-0.2, 0) is 28.5 Å². The van der Waals surface area contributed by atoms with Gasteiger partial charge in [-0.05, 0) is 11.6 Å². The number of methoxy groups -OCH3 is 2. The van der Waals surface area contributed by atoms with Gasteiger partial charge in [-0.15, -0.1) is 0 Å².